The van der Waals surface area contributed by atoms with Gasteiger partial charge in [-0.15, -0.1) is 0 Å². The number of piperidine rings is 1. The van der Waals surface area contributed by atoms with Gasteiger partial charge in [-0.3, -0.25) is 4.79 Å². The summed E-state index contributed by atoms with van der Waals surface area (Å²) in [6.07, 6.45) is 4.96. The molecule has 0 aromatic carbocycles. The molecule has 1 aliphatic carbocycles. The molecule has 3 unspecified atom stereocenters. The SMILES string of the molecule is CCC12CCCC(CNC1)C2OC(C)=O. The molecule has 2 fully saturated rings. The number of rotatable bonds is 2. The molecule has 0 aromatic heterocycles. The van der Waals surface area contributed by atoms with E-state index in [0.717, 1.165) is 19.5 Å². The summed E-state index contributed by atoms with van der Waals surface area (Å²) < 4.78 is 5.57. The zero-order valence-corrected chi connectivity index (χ0v) is 9.71. The molecule has 86 valence electrons. The van der Waals surface area contributed by atoms with Crippen LogP contribution in [0, 0.1) is 11.3 Å². The topological polar surface area (TPSA) is 38.3 Å². The summed E-state index contributed by atoms with van der Waals surface area (Å²) in [5.74, 6) is 0.419. The van der Waals surface area contributed by atoms with Crippen LogP contribution in [0.2, 0.25) is 0 Å². The Morgan fingerprint density at radius 3 is 3.07 bits per heavy atom. The van der Waals surface area contributed by atoms with Crippen LogP contribution in [-0.4, -0.2) is 25.2 Å². The number of fused-ring (bicyclic) bond motifs is 2. The van der Waals surface area contributed by atoms with Gasteiger partial charge in [-0.05, 0) is 19.3 Å². The van der Waals surface area contributed by atoms with Gasteiger partial charge >= 0.3 is 5.97 Å². The van der Waals surface area contributed by atoms with Gasteiger partial charge in [0.05, 0.1) is 0 Å². The van der Waals surface area contributed by atoms with Gasteiger partial charge in [0.15, 0.2) is 0 Å². The van der Waals surface area contributed by atoms with Crippen LogP contribution in [0.5, 0.6) is 0 Å². The summed E-state index contributed by atoms with van der Waals surface area (Å²) in [4.78, 5) is 11.2. The van der Waals surface area contributed by atoms with E-state index in [2.05, 4.69) is 12.2 Å². The van der Waals surface area contributed by atoms with Crippen LogP contribution in [0.15, 0.2) is 0 Å². The molecule has 2 aliphatic rings. The number of carbonyl (C=O) groups excluding carboxylic acids is 1. The highest BCUT2D eigenvalue weighted by Gasteiger charge is 2.48. The molecule has 1 N–H and O–H groups in total. The van der Waals surface area contributed by atoms with Crippen LogP contribution < -0.4 is 5.32 Å². The van der Waals surface area contributed by atoms with Crippen LogP contribution in [0.25, 0.3) is 0 Å². The molecule has 0 amide bonds. The highest BCUT2D eigenvalue weighted by Crippen LogP contribution is 2.45. The second-order valence-electron chi connectivity index (χ2n) is 5.03. The zero-order valence-electron chi connectivity index (χ0n) is 9.71. The fourth-order valence-electron chi connectivity index (χ4n) is 3.32. The maximum atomic E-state index is 11.2. The first kappa shape index (κ1) is 10.9. The van der Waals surface area contributed by atoms with E-state index in [9.17, 15) is 4.79 Å². The fraction of sp³-hybridized carbons (Fsp3) is 0.917. The largest absolute Gasteiger partial charge is 0.462 e. The molecule has 15 heavy (non-hydrogen) atoms. The summed E-state index contributed by atoms with van der Waals surface area (Å²) >= 11 is 0. The van der Waals surface area contributed by atoms with E-state index in [1.807, 2.05) is 0 Å². The van der Waals surface area contributed by atoms with Crippen molar-refractivity contribution in [2.75, 3.05) is 13.1 Å². The summed E-state index contributed by atoms with van der Waals surface area (Å²) in [5.41, 5.74) is 0.215. The van der Waals surface area contributed by atoms with E-state index in [-0.39, 0.29) is 17.5 Å². The maximum absolute atomic E-state index is 11.2. The van der Waals surface area contributed by atoms with Gasteiger partial charge in [-0.2, -0.15) is 0 Å². The number of carbonyl (C=O) groups is 1. The van der Waals surface area contributed by atoms with Crippen molar-refractivity contribution in [3.05, 3.63) is 0 Å². The minimum atomic E-state index is -0.119. The Morgan fingerprint density at radius 1 is 1.60 bits per heavy atom. The van der Waals surface area contributed by atoms with Crippen LogP contribution in [-0.2, 0) is 9.53 Å². The molecule has 1 aliphatic heterocycles. The average Bonchev–Trinajstić information content (AvgIpc) is 2.17. The molecule has 2 bridgehead atoms. The van der Waals surface area contributed by atoms with Gasteiger partial charge in [0, 0.05) is 31.3 Å². The molecular formula is C12H21NO2. The normalized spacial score (nSPS) is 39.9. The smallest absolute Gasteiger partial charge is 0.302 e. The highest BCUT2D eigenvalue weighted by atomic mass is 16.5. The second-order valence-corrected chi connectivity index (χ2v) is 5.03. The van der Waals surface area contributed by atoms with Gasteiger partial charge in [-0.1, -0.05) is 13.3 Å². The predicted molar refractivity (Wildman–Crippen MR) is 58.5 cm³/mol. The average molecular weight is 211 g/mol. The van der Waals surface area contributed by atoms with Crippen molar-refractivity contribution in [2.24, 2.45) is 11.3 Å². The summed E-state index contributed by atoms with van der Waals surface area (Å²) in [6.45, 7) is 5.77. The summed E-state index contributed by atoms with van der Waals surface area (Å²) in [5, 5.41) is 3.49. The molecule has 0 spiro atoms. The molecule has 0 aromatic rings. The lowest BCUT2D eigenvalue weighted by Gasteiger charge is -2.50. The fourth-order valence-corrected chi connectivity index (χ4v) is 3.32. The summed E-state index contributed by atoms with van der Waals surface area (Å²) in [6, 6.07) is 0. The first-order chi connectivity index (χ1) is 7.18. The van der Waals surface area contributed by atoms with Gasteiger partial charge in [0.2, 0.25) is 0 Å². The van der Waals surface area contributed by atoms with Crippen molar-refractivity contribution in [1.29, 1.82) is 0 Å². The zero-order chi connectivity index (χ0) is 10.9. The monoisotopic (exact) mass is 211 g/mol. The third-order valence-corrected chi connectivity index (χ3v) is 4.16. The van der Waals surface area contributed by atoms with E-state index in [0.29, 0.717) is 5.92 Å². The van der Waals surface area contributed by atoms with E-state index < -0.39 is 0 Å². The van der Waals surface area contributed by atoms with Gasteiger partial charge in [-0.25, -0.2) is 0 Å². The van der Waals surface area contributed by atoms with Gasteiger partial charge in [0.1, 0.15) is 6.10 Å². The minimum Gasteiger partial charge on any atom is -0.462 e. The lowest BCUT2D eigenvalue weighted by molar-refractivity contribution is -0.167. The third kappa shape index (κ3) is 1.89. The second kappa shape index (κ2) is 4.12. The van der Waals surface area contributed by atoms with Gasteiger partial charge < -0.3 is 10.1 Å². The highest BCUT2D eigenvalue weighted by molar-refractivity contribution is 5.66. The van der Waals surface area contributed by atoms with Crippen LogP contribution in [0.1, 0.15) is 39.5 Å². The number of ether oxygens (including phenoxy) is 1. The Morgan fingerprint density at radius 2 is 2.40 bits per heavy atom. The molecule has 3 atom stereocenters. The van der Waals surface area contributed by atoms with E-state index >= 15 is 0 Å². The Kier molecular flexibility index (Phi) is 3.01. The molecule has 3 nitrogen and oxygen atoms in total. The van der Waals surface area contributed by atoms with Crippen molar-refractivity contribution >= 4 is 5.97 Å². The van der Waals surface area contributed by atoms with Crippen molar-refractivity contribution in [1.82, 2.24) is 5.32 Å². The van der Waals surface area contributed by atoms with Crippen LogP contribution in [0.3, 0.4) is 0 Å². The Balaban J connectivity index is 2.18. The molecule has 1 saturated heterocycles. The molecule has 1 heterocycles. The van der Waals surface area contributed by atoms with Crippen LogP contribution >= 0.6 is 0 Å². The van der Waals surface area contributed by atoms with E-state index in [1.54, 1.807) is 0 Å². The first-order valence-corrected chi connectivity index (χ1v) is 6.06. The molecule has 1 saturated carbocycles. The van der Waals surface area contributed by atoms with Crippen molar-refractivity contribution in [3.63, 3.8) is 0 Å². The molecule has 3 heteroatoms. The lowest BCUT2D eigenvalue weighted by Crippen LogP contribution is -2.58. The maximum Gasteiger partial charge on any atom is 0.302 e. The van der Waals surface area contributed by atoms with E-state index in [1.165, 1.54) is 26.2 Å². The molecule has 0 radical (unpaired) electrons. The molecular weight excluding hydrogens is 190 g/mol. The standard InChI is InChI=1S/C12H21NO2/c1-3-12-6-4-5-10(7-13-8-12)11(12)15-9(2)14/h10-11,13H,3-8H2,1-2H3. The summed E-state index contributed by atoms with van der Waals surface area (Å²) in [7, 11) is 0. The predicted octanol–water partition coefficient (Wildman–Crippen LogP) is 1.72. The Labute approximate surface area is 91.6 Å². The quantitative estimate of drug-likeness (QED) is 0.707. The number of nitrogens with one attached hydrogen (secondary N) is 1. The van der Waals surface area contributed by atoms with Crippen molar-refractivity contribution in [2.45, 2.75) is 45.6 Å². The van der Waals surface area contributed by atoms with Gasteiger partial charge in [0.25, 0.3) is 0 Å². The third-order valence-electron chi connectivity index (χ3n) is 4.16. The first-order valence-electron chi connectivity index (χ1n) is 6.06. The number of hydrogen-bond acceptors (Lipinski definition) is 3. The molecule has 2 rings (SSSR count). The number of esters is 1. The van der Waals surface area contributed by atoms with E-state index in [4.69, 9.17) is 4.74 Å². The van der Waals surface area contributed by atoms with Crippen LogP contribution in [0.4, 0.5) is 0 Å². The van der Waals surface area contributed by atoms with Crippen molar-refractivity contribution < 1.29 is 9.53 Å². The minimum absolute atomic E-state index is 0.119. The lowest BCUT2D eigenvalue weighted by atomic mass is 9.63. The Hall–Kier alpha value is -0.570. The Bertz CT molecular complexity index is 242. The van der Waals surface area contributed by atoms with Crippen molar-refractivity contribution in [3.8, 4) is 0 Å². The number of hydrogen-bond donors (Lipinski definition) is 1.